The maximum Gasteiger partial charge on any atom is 0.314 e. The maximum absolute atomic E-state index is 11.2. The van der Waals surface area contributed by atoms with Crippen LogP contribution in [-0.4, -0.2) is 18.2 Å². The second kappa shape index (κ2) is 3.26. The van der Waals surface area contributed by atoms with Gasteiger partial charge < -0.3 is 9.84 Å². The molecule has 0 radical (unpaired) electrons. The molecule has 1 aromatic carbocycles. The summed E-state index contributed by atoms with van der Waals surface area (Å²) in [5.41, 5.74) is 1.31. The molecule has 0 amide bonds. The van der Waals surface area contributed by atoms with E-state index in [4.69, 9.17) is 4.74 Å². The average molecular weight is 206 g/mol. The zero-order valence-electron chi connectivity index (χ0n) is 8.91. The van der Waals surface area contributed by atoms with Gasteiger partial charge in [0.25, 0.3) is 0 Å². The molecule has 3 nitrogen and oxygen atoms in total. The van der Waals surface area contributed by atoms with E-state index in [1.165, 1.54) is 0 Å². The van der Waals surface area contributed by atoms with Crippen LogP contribution in [-0.2, 0) is 10.2 Å². The van der Waals surface area contributed by atoms with Crippen LogP contribution in [0.15, 0.2) is 18.2 Å². The lowest BCUT2D eigenvalue weighted by atomic mass is 9.92. The first-order valence-electron chi connectivity index (χ1n) is 4.99. The monoisotopic (exact) mass is 206 g/mol. The highest BCUT2D eigenvalue weighted by Crippen LogP contribution is 2.49. The van der Waals surface area contributed by atoms with Crippen molar-refractivity contribution in [2.45, 2.75) is 25.2 Å². The Hall–Kier alpha value is -1.51. The second-order valence-corrected chi connectivity index (χ2v) is 4.07. The van der Waals surface area contributed by atoms with Gasteiger partial charge in [-0.15, -0.1) is 0 Å². The molecule has 0 heterocycles. The fourth-order valence-corrected chi connectivity index (χ4v) is 2.02. The highest BCUT2D eigenvalue weighted by Gasteiger charge is 2.52. The minimum absolute atomic E-state index is 0.615. The summed E-state index contributed by atoms with van der Waals surface area (Å²) in [7, 11) is 1.61. The van der Waals surface area contributed by atoms with Crippen molar-refractivity contribution in [3.8, 4) is 5.75 Å². The van der Waals surface area contributed by atoms with E-state index in [1.54, 1.807) is 7.11 Å². The summed E-state index contributed by atoms with van der Waals surface area (Å²) < 4.78 is 5.10. The zero-order chi connectivity index (χ0) is 11.1. The Labute approximate surface area is 88.7 Å². The maximum atomic E-state index is 11.2. The van der Waals surface area contributed by atoms with Crippen LogP contribution in [0.2, 0.25) is 0 Å². The molecule has 0 aliphatic heterocycles. The average Bonchev–Trinajstić information content (AvgIpc) is 2.98. The number of carboxylic acids is 1. The quantitative estimate of drug-likeness (QED) is 0.824. The van der Waals surface area contributed by atoms with Crippen molar-refractivity contribution in [1.29, 1.82) is 0 Å². The molecule has 3 heteroatoms. The molecule has 1 aliphatic rings. The normalized spacial score (nSPS) is 17.2. The Morgan fingerprint density at radius 3 is 2.53 bits per heavy atom. The van der Waals surface area contributed by atoms with Crippen molar-refractivity contribution in [1.82, 2.24) is 0 Å². The summed E-state index contributed by atoms with van der Waals surface area (Å²) in [6, 6.07) is 5.58. The Morgan fingerprint density at radius 2 is 2.13 bits per heavy atom. The highest BCUT2D eigenvalue weighted by molar-refractivity contribution is 5.85. The van der Waals surface area contributed by atoms with Gasteiger partial charge in [0, 0.05) is 0 Å². The molecule has 0 atom stereocenters. The van der Waals surface area contributed by atoms with E-state index in [2.05, 4.69) is 0 Å². The van der Waals surface area contributed by atoms with Crippen LogP contribution in [0.4, 0.5) is 0 Å². The molecule has 0 spiro atoms. The van der Waals surface area contributed by atoms with Gasteiger partial charge in [-0.25, -0.2) is 0 Å². The first kappa shape index (κ1) is 10.0. The van der Waals surface area contributed by atoms with Crippen LogP contribution in [0.3, 0.4) is 0 Å². The summed E-state index contributed by atoms with van der Waals surface area (Å²) in [4.78, 5) is 11.2. The van der Waals surface area contributed by atoms with Crippen molar-refractivity contribution in [2.75, 3.05) is 7.11 Å². The van der Waals surface area contributed by atoms with Crippen molar-refractivity contribution in [3.05, 3.63) is 29.3 Å². The Morgan fingerprint density at radius 1 is 1.47 bits per heavy atom. The third kappa shape index (κ3) is 1.48. The largest absolute Gasteiger partial charge is 0.497 e. The number of hydrogen-bond donors (Lipinski definition) is 1. The van der Waals surface area contributed by atoms with Gasteiger partial charge in [-0.1, -0.05) is 6.07 Å². The van der Waals surface area contributed by atoms with Crippen LogP contribution >= 0.6 is 0 Å². The number of carbonyl (C=O) groups is 1. The first-order chi connectivity index (χ1) is 7.10. The van der Waals surface area contributed by atoms with E-state index >= 15 is 0 Å². The van der Waals surface area contributed by atoms with Crippen molar-refractivity contribution < 1.29 is 14.6 Å². The molecule has 0 bridgehead atoms. The molecule has 1 fully saturated rings. The Kier molecular flexibility index (Phi) is 2.18. The molecule has 2 rings (SSSR count). The van der Waals surface area contributed by atoms with Crippen LogP contribution in [0.25, 0.3) is 0 Å². The topological polar surface area (TPSA) is 46.5 Å². The van der Waals surface area contributed by atoms with E-state index in [1.807, 2.05) is 25.1 Å². The van der Waals surface area contributed by atoms with Gasteiger partial charge in [0.2, 0.25) is 0 Å². The Bertz CT molecular complexity index is 405. The number of aryl methyl sites for hydroxylation is 1. The van der Waals surface area contributed by atoms with Gasteiger partial charge in [-0.3, -0.25) is 4.79 Å². The molecule has 1 aromatic rings. The molecule has 0 unspecified atom stereocenters. The fraction of sp³-hybridized carbons (Fsp3) is 0.417. The molecule has 1 aliphatic carbocycles. The van der Waals surface area contributed by atoms with E-state index in [0.717, 1.165) is 29.7 Å². The van der Waals surface area contributed by atoms with Gasteiger partial charge in [0.1, 0.15) is 5.75 Å². The van der Waals surface area contributed by atoms with Crippen molar-refractivity contribution >= 4 is 5.97 Å². The number of aliphatic carboxylic acids is 1. The lowest BCUT2D eigenvalue weighted by Gasteiger charge is -2.14. The van der Waals surface area contributed by atoms with E-state index in [0.29, 0.717) is 0 Å². The summed E-state index contributed by atoms with van der Waals surface area (Å²) >= 11 is 0. The molecule has 0 saturated heterocycles. The first-order valence-corrected chi connectivity index (χ1v) is 4.99. The highest BCUT2D eigenvalue weighted by atomic mass is 16.5. The van der Waals surface area contributed by atoms with Gasteiger partial charge in [0.15, 0.2) is 0 Å². The van der Waals surface area contributed by atoms with Crippen LogP contribution < -0.4 is 4.74 Å². The van der Waals surface area contributed by atoms with Crippen LogP contribution in [0.1, 0.15) is 24.0 Å². The van der Waals surface area contributed by atoms with Gasteiger partial charge in [-0.05, 0) is 43.0 Å². The summed E-state index contributed by atoms with van der Waals surface area (Å²) in [5.74, 6) is 0.0632. The standard InChI is InChI=1S/C12H14O3/c1-8-7-9(15-2)3-4-10(8)12(5-6-12)11(13)14/h3-4,7H,5-6H2,1-2H3,(H,13,14). The zero-order valence-corrected chi connectivity index (χ0v) is 8.91. The van der Waals surface area contributed by atoms with Crippen molar-refractivity contribution in [2.24, 2.45) is 0 Å². The molecular formula is C12H14O3. The molecule has 15 heavy (non-hydrogen) atoms. The third-order valence-corrected chi connectivity index (χ3v) is 3.11. The van der Waals surface area contributed by atoms with E-state index in [-0.39, 0.29) is 0 Å². The second-order valence-electron chi connectivity index (χ2n) is 4.07. The number of ether oxygens (including phenoxy) is 1. The minimum atomic E-state index is -0.712. The van der Waals surface area contributed by atoms with E-state index in [9.17, 15) is 9.90 Å². The lowest BCUT2D eigenvalue weighted by Crippen LogP contribution is -2.20. The molecular weight excluding hydrogens is 192 g/mol. The third-order valence-electron chi connectivity index (χ3n) is 3.11. The van der Waals surface area contributed by atoms with Gasteiger partial charge >= 0.3 is 5.97 Å². The summed E-state index contributed by atoms with van der Waals surface area (Å²) in [6.07, 6.45) is 1.49. The van der Waals surface area contributed by atoms with Crippen LogP contribution in [0, 0.1) is 6.92 Å². The Balaban J connectivity index is 2.42. The van der Waals surface area contributed by atoms with Crippen LogP contribution in [0.5, 0.6) is 5.75 Å². The molecule has 1 saturated carbocycles. The summed E-state index contributed by atoms with van der Waals surface area (Å²) in [6.45, 7) is 1.93. The number of rotatable bonds is 3. The smallest absolute Gasteiger partial charge is 0.314 e. The SMILES string of the molecule is COc1ccc(C2(C(=O)O)CC2)c(C)c1. The number of carboxylic acid groups (broad SMARTS) is 1. The molecule has 80 valence electrons. The van der Waals surface area contributed by atoms with E-state index < -0.39 is 11.4 Å². The molecule has 0 aromatic heterocycles. The number of methoxy groups -OCH3 is 1. The number of benzene rings is 1. The fourth-order valence-electron chi connectivity index (χ4n) is 2.02. The predicted molar refractivity (Wildman–Crippen MR) is 56.3 cm³/mol. The molecule has 1 N–H and O–H groups in total. The van der Waals surface area contributed by atoms with Crippen molar-refractivity contribution in [3.63, 3.8) is 0 Å². The summed E-state index contributed by atoms with van der Waals surface area (Å²) in [5, 5.41) is 9.18. The van der Waals surface area contributed by atoms with Gasteiger partial charge in [0.05, 0.1) is 12.5 Å². The minimum Gasteiger partial charge on any atom is -0.497 e. The number of hydrogen-bond acceptors (Lipinski definition) is 2. The predicted octanol–water partition coefficient (Wildman–Crippen LogP) is 2.12. The lowest BCUT2D eigenvalue weighted by molar-refractivity contribution is -0.140. The van der Waals surface area contributed by atoms with Gasteiger partial charge in [-0.2, -0.15) is 0 Å².